The average Bonchev–Trinajstić information content (AvgIpc) is 2.95. The molecule has 2 aliphatic rings. The van der Waals surface area contributed by atoms with E-state index in [-0.39, 0.29) is 5.75 Å². The second-order valence-corrected chi connectivity index (χ2v) is 9.24. The molecule has 1 saturated heterocycles. The minimum absolute atomic E-state index is 0.0426. The van der Waals surface area contributed by atoms with Crippen molar-refractivity contribution in [3.8, 4) is 0 Å². The summed E-state index contributed by atoms with van der Waals surface area (Å²) in [6.07, 6.45) is 3.63. The molecule has 4 rings (SSSR count). The molecule has 0 N–H and O–H groups in total. The molecular weight excluding hydrogens is 374 g/mol. The summed E-state index contributed by atoms with van der Waals surface area (Å²) in [4.78, 5) is 8.98. The molecular formula is C18H20ClN3O3S. The van der Waals surface area contributed by atoms with Crippen LogP contribution in [-0.4, -0.2) is 35.8 Å². The van der Waals surface area contributed by atoms with E-state index in [0.29, 0.717) is 24.7 Å². The Bertz CT molecular complexity index is 925. The lowest BCUT2D eigenvalue weighted by molar-refractivity contribution is -0.112. The first-order valence-corrected chi connectivity index (χ1v) is 10.6. The first-order chi connectivity index (χ1) is 12.4. The monoisotopic (exact) mass is 393 g/mol. The Labute approximate surface area is 158 Å². The molecule has 0 bridgehead atoms. The van der Waals surface area contributed by atoms with Crippen molar-refractivity contribution >= 4 is 21.6 Å². The molecule has 2 aromatic rings. The average molecular weight is 394 g/mol. The number of rotatable bonds is 5. The second-order valence-electron chi connectivity index (χ2n) is 6.83. The van der Waals surface area contributed by atoms with Gasteiger partial charge in [0.25, 0.3) is 0 Å². The van der Waals surface area contributed by atoms with Crippen LogP contribution in [-0.2, 0) is 39.1 Å². The predicted octanol–water partition coefficient (Wildman–Crippen LogP) is 2.65. The highest BCUT2D eigenvalue weighted by molar-refractivity contribution is 7.88. The van der Waals surface area contributed by atoms with Gasteiger partial charge in [0.2, 0.25) is 10.0 Å². The van der Waals surface area contributed by atoms with Gasteiger partial charge in [-0.1, -0.05) is 30.7 Å². The zero-order chi connectivity index (χ0) is 18.4. The number of halogens is 1. The van der Waals surface area contributed by atoms with Crippen LogP contribution < -0.4 is 0 Å². The largest absolute Gasteiger partial charge is 0.361 e. The van der Waals surface area contributed by atoms with Crippen molar-refractivity contribution in [2.24, 2.45) is 0 Å². The Hall–Kier alpha value is -1.54. The van der Waals surface area contributed by atoms with Gasteiger partial charge in [-0.25, -0.2) is 18.4 Å². The van der Waals surface area contributed by atoms with Crippen molar-refractivity contribution in [1.29, 1.82) is 0 Å². The summed E-state index contributed by atoms with van der Waals surface area (Å²) in [5.41, 5.74) is 1.94. The molecule has 6 nitrogen and oxygen atoms in total. The second kappa shape index (κ2) is 6.56. The molecule has 0 unspecified atom stereocenters. The Morgan fingerprint density at radius 1 is 1.27 bits per heavy atom. The maximum Gasteiger partial charge on any atom is 0.218 e. The van der Waals surface area contributed by atoms with Gasteiger partial charge in [0.05, 0.1) is 18.1 Å². The van der Waals surface area contributed by atoms with Crippen molar-refractivity contribution in [3.63, 3.8) is 0 Å². The molecule has 0 saturated carbocycles. The minimum Gasteiger partial charge on any atom is -0.361 e. The number of fused-ring (bicyclic) bond motifs is 2. The molecule has 2 aliphatic heterocycles. The van der Waals surface area contributed by atoms with E-state index in [1.807, 2.05) is 6.20 Å². The lowest BCUT2D eigenvalue weighted by Gasteiger charge is -2.46. The van der Waals surface area contributed by atoms with Crippen LogP contribution in [0.25, 0.3) is 0 Å². The zero-order valence-electron chi connectivity index (χ0n) is 14.5. The van der Waals surface area contributed by atoms with Gasteiger partial charge in [-0.05, 0) is 24.1 Å². The molecule has 3 heterocycles. The lowest BCUT2D eigenvalue weighted by atomic mass is 9.90. The van der Waals surface area contributed by atoms with Crippen LogP contribution in [0.15, 0.2) is 30.5 Å². The molecule has 0 atom stereocenters. The molecule has 0 aliphatic carbocycles. The number of sulfonamides is 1. The molecule has 26 heavy (non-hydrogen) atoms. The number of ether oxygens (including phenoxy) is 1. The number of aryl methyl sites for hydroxylation is 1. The van der Waals surface area contributed by atoms with Crippen LogP contribution >= 0.6 is 11.6 Å². The smallest absolute Gasteiger partial charge is 0.218 e. The maximum absolute atomic E-state index is 12.7. The van der Waals surface area contributed by atoms with E-state index < -0.39 is 15.6 Å². The summed E-state index contributed by atoms with van der Waals surface area (Å²) in [6.45, 7) is 3.13. The van der Waals surface area contributed by atoms with E-state index in [2.05, 4.69) is 16.9 Å². The van der Waals surface area contributed by atoms with Crippen LogP contribution in [0.4, 0.5) is 0 Å². The van der Waals surface area contributed by atoms with Gasteiger partial charge in [0.15, 0.2) is 0 Å². The number of hydrogen-bond donors (Lipinski definition) is 0. The molecule has 8 heteroatoms. The summed E-state index contributed by atoms with van der Waals surface area (Å²) in [7, 11) is -3.40. The third-order valence-corrected chi connectivity index (χ3v) is 6.88. The van der Waals surface area contributed by atoms with E-state index in [4.69, 9.17) is 16.3 Å². The van der Waals surface area contributed by atoms with Crippen molar-refractivity contribution in [2.75, 3.05) is 13.1 Å². The quantitative estimate of drug-likeness (QED) is 0.780. The normalized spacial score (nSPS) is 18.7. The van der Waals surface area contributed by atoms with Crippen LogP contribution in [0.5, 0.6) is 0 Å². The van der Waals surface area contributed by atoms with E-state index in [1.54, 1.807) is 24.3 Å². The summed E-state index contributed by atoms with van der Waals surface area (Å²) in [6, 6.07) is 6.87. The highest BCUT2D eigenvalue weighted by atomic mass is 35.5. The molecule has 1 aromatic heterocycles. The topological polar surface area (TPSA) is 72.4 Å². The summed E-state index contributed by atoms with van der Waals surface area (Å²) in [5.74, 6) is 0.775. The predicted molar refractivity (Wildman–Crippen MR) is 98.1 cm³/mol. The van der Waals surface area contributed by atoms with Crippen molar-refractivity contribution in [3.05, 3.63) is 58.1 Å². The standard InChI is InChI=1S/C18H20ClN3O3S/c1-2-3-17-20-8-15-16(21-17)9-25-18(15)11-22(12-18)26(23,24)10-13-4-6-14(19)7-5-13/h4-8H,2-3,9-12H2,1H3. The van der Waals surface area contributed by atoms with Gasteiger partial charge in [-0.2, -0.15) is 4.31 Å². The third kappa shape index (κ3) is 3.13. The maximum atomic E-state index is 12.7. The number of aromatic nitrogens is 2. The summed E-state index contributed by atoms with van der Waals surface area (Å²) >= 11 is 5.86. The number of benzene rings is 1. The summed E-state index contributed by atoms with van der Waals surface area (Å²) < 4.78 is 32.7. The van der Waals surface area contributed by atoms with Gasteiger partial charge < -0.3 is 4.74 Å². The van der Waals surface area contributed by atoms with Gasteiger partial charge in [0.1, 0.15) is 11.4 Å². The Morgan fingerprint density at radius 2 is 2.00 bits per heavy atom. The molecule has 0 radical (unpaired) electrons. The first-order valence-electron chi connectivity index (χ1n) is 8.63. The van der Waals surface area contributed by atoms with Crippen molar-refractivity contribution in [2.45, 2.75) is 37.7 Å². The first kappa shape index (κ1) is 17.9. The van der Waals surface area contributed by atoms with Crippen LogP contribution in [0.2, 0.25) is 5.02 Å². The van der Waals surface area contributed by atoms with Crippen LogP contribution in [0.1, 0.15) is 36.0 Å². The van der Waals surface area contributed by atoms with Crippen molar-refractivity contribution in [1.82, 2.24) is 14.3 Å². The van der Waals surface area contributed by atoms with E-state index in [0.717, 1.165) is 35.5 Å². The molecule has 1 fully saturated rings. The van der Waals surface area contributed by atoms with Gasteiger partial charge in [0, 0.05) is 36.3 Å². The van der Waals surface area contributed by atoms with Gasteiger partial charge in [-0.15, -0.1) is 0 Å². The fourth-order valence-corrected chi connectivity index (χ4v) is 5.17. The fraction of sp³-hybridized carbons (Fsp3) is 0.444. The molecule has 1 spiro atoms. The molecule has 0 amide bonds. The molecule has 138 valence electrons. The van der Waals surface area contributed by atoms with Crippen molar-refractivity contribution < 1.29 is 13.2 Å². The van der Waals surface area contributed by atoms with Crippen LogP contribution in [0, 0.1) is 0 Å². The lowest BCUT2D eigenvalue weighted by Crippen LogP contribution is -2.61. The Balaban J connectivity index is 1.48. The SMILES string of the molecule is CCCc1ncc2c(n1)COC21CN(S(=O)(=O)Cc2ccc(Cl)cc2)C1. The summed E-state index contributed by atoms with van der Waals surface area (Å²) in [5, 5.41) is 0.590. The zero-order valence-corrected chi connectivity index (χ0v) is 16.1. The van der Waals surface area contributed by atoms with E-state index in [1.165, 1.54) is 4.31 Å². The third-order valence-electron chi connectivity index (χ3n) is 4.89. The fourth-order valence-electron chi connectivity index (χ4n) is 3.44. The minimum atomic E-state index is -3.40. The Morgan fingerprint density at radius 3 is 2.69 bits per heavy atom. The van der Waals surface area contributed by atoms with Gasteiger partial charge in [-0.3, -0.25) is 0 Å². The Kier molecular flexibility index (Phi) is 4.51. The van der Waals surface area contributed by atoms with E-state index in [9.17, 15) is 8.42 Å². The highest BCUT2D eigenvalue weighted by Gasteiger charge is 2.54. The molecule has 1 aromatic carbocycles. The van der Waals surface area contributed by atoms with Crippen LogP contribution in [0.3, 0.4) is 0 Å². The highest BCUT2D eigenvalue weighted by Crippen LogP contribution is 2.44. The van der Waals surface area contributed by atoms with Gasteiger partial charge >= 0.3 is 0 Å². The van der Waals surface area contributed by atoms with E-state index >= 15 is 0 Å². The number of hydrogen-bond acceptors (Lipinski definition) is 5. The number of nitrogens with zero attached hydrogens (tertiary/aromatic N) is 3.